The monoisotopic (exact) mass is 387 g/mol. The van der Waals surface area contributed by atoms with Gasteiger partial charge in [-0.2, -0.15) is 0 Å². The molecule has 1 atom stereocenters. The minimum atomic E-state index is -0.664. The summed E-state index contributed by atoms with van der Waals surface area (Å²) in [4.78, 5) is 26.4. The highest BCUT2D eigenvalue weighted by molar-refractivity contribution is 5.91. The van der Waals surface area contributed by atoms with Crippen molar-refractivity contribution in [1.82, 2.24) is 4.90 Å². The smallest absolute Gasteiger partial charge is 0.338 e. The van der Waals surface area contributed by atoms with Crippen molar-refractivity contribution >= 4 is 11.9 Å². The van der Waals surface area contributed by atoms with Gasteiger partial charge in [-0.05, 0) is 55.3 Å². The van der Waals surface area contributed by atoms with E-state index in [0.29, 0.717) is 18.0 Å². The van der Waals surface area contributed by atoms with Gasteiger partial charge in [-0.1, -0.05) is 0 Å². The lowest BCUT2D eigenvalue weighted by molar-refractivity contribution is -0.135. The van der Waals surface area contributed by atoms with Gasteiger partial charge in [-0.25, -0.2) is 9.18 Å². The Morgan fingerprint density at radius 1 is 1.11 bits per heavy atom. The molecule has 3 rings (SSSR count). The van der Waals surface area contributed by atoms with E-state index >= 15 is 0 Å². The van der Waals surface area contributed by atoms with Gasteiger partial charge in [-0.3, -0.25) is 4.79 Å². The SMILES string of the molecule is COc1ccc(OC)c([C@@H]2CCCN2C(=O)COC(=O)c2ccc(F)cc2)c1. The number of rotatable bonds is 6. The molecule has 0 bridgehead atoms. The van der Waals surface area contributed by atoms with Crippen molar-refractivity contribution in [1.29, 1.82) is 0 Å². The first-order chi connectivity index (χ1) is 13.5. The van der Waals surface area contributed by atoms with Crippen LogP contribution in [0, 0.1) is 5.82 Å². The number of nitrogens with zero attached hydrogens (tertiary/aromatic N) is 1. The number of hydrogen-bond donors (Lipinski definition) is 0. The fourth-order valence-electron chi connectivity index (χ4n) is 3.37. The molecule has 0 N–H and O–H groups in total. The number of carbonyl (C=O) groups excluding carboxylic acids is 2. The topological polar surface area (TPSA) is 65.1 Å². The van der Waals surface area contributed by atoms with E-state index in [4.69, 9.17) is 14.2 Å². The van der Waals surface area contributed by atoms with Crippen LogP contribution in [0.4, 0.5) is 4.39 Å². The quantitative estimate of drug-likeness (QED) is 0.711. The number of ether oxygens (including phenoxy) is 3. The fraction of sp³-hybridized carbons (Fsp3) is 0.333. The normalized spacial score (nSPS) is 16.0. The van der Waals surface area contributed by atoms with Crippen LogP contribution >= 0.6 is 0 Å². The predicted molar refractivity (Wildman–Crippen MR) is 99.9 cm³/mol. The minimum Gasteiger partial charge on any atom is -0.497 e. The Bertz CT molecular complexity index is 852. The third-order valence-corrected chi connectivity index (χ3v) is 4.78. The van der Waals surface area contributed by atoms with Crippen molar-refractivity contribution in [3.8, 4) is 11.5 Å². The van der Waals surface area contributed by atoms with Gasteiger partial charge in [0.2, 0.25) is 0 Å². The highest BCUT2D eigenvalue weighted by Gasteiger charge is 2.32. The van der Waals surface area contributed by atoms with E-state index < -0.39 is 11.8 Å². The molecule has 0 aliphatic carbocycles. The van der Waals surface area contributed by atoms with Crippen LogP contribution in [0.2, 0.25) is 0 Å². The Labute approximate surface area is 162 Å². The summed E-state index contributed by atoms with van der Waals surface area (Å²) in [5.41, 5.74) is 1.05. The Balaban J connectivity index is 1.69. The number of amides is 1. The molecule has 1 aliphatic heterocycles. The van der Waals surface area contributed by atoms with Gasteiger partial charge in [0, 0.05) is 12.1 Å². The molecule has 1 fully saturated rings. The molecule has 1 heterocycles. The maximum atomic E-state index is 13.0. The zero-order chi connectivity index (χ0) is 20.1. The van der Waals surface area contributed by atoms with E-state index in [1.807, 2.05) is 12.1 Å². The van der Waals surface area contributed by atoms with Gasteiger partial charge < -0.3 is 19.1 Å². The van der Waals surface area contributed by atoms with Crippen molar-refractivity contribution in [3.05, 3.63) is 59.4 Å². The summed E-state index contributed by atoms with van der Waals surface area (Å²) in [5.74, 6) is -0.0442. The molecule has 1 aliphatic rings. The van der Waals surface area contributed by atoms with Crippen LogP contribution < -0.4 is 9.47 Å². The van der Waals surface area contributed by atoms with Crippen LogP contribution in [-0.2, 0) is 9.53 Å². The lowest BCUT2D eigenvalue weighted by Gasteiger charge is -2.26. The summed E-state index contributed by atoms with van der Waals surface area (Å²) in [5, 5.41) is 0. The molecule has 148 valence electrons. The van der Waals surface area contributed by atoms with E-state index in [1.54, 1.807) is 25.2 Å². The molecular formula is C21H22FNO5. The second-order valence-electron chi connectivity index (χ2n) is 6.44. The number of halogens is 1. The summed E-state index contributed by atoms with van der Waals surface area (Å²) >= 11 is 0. The van der Waals surface area contributed by atoms with Crippen LogP contribution in [0.3, 0.4) is 0 Å². The van der Waals surface area contributed by atoms with Gasteiger partial charge in [0.15, 0.2) is 6.61 Å². The van der Waals surface area contributed by atoms with E-state index in [9.17, 15) is 14.0 Å². The minimum absolute atomic E-state index is 0.179. The molecule has 0 unspecified atom stereocenters. The maximum absolute atomic E-state index is 13.0. The molecule has 0 spiro atoms. The first kappa shape index (κ1) is 19.7. The molecular weight excluding hydrogens is 365 g/mol. The number of methoxy groups -OCH3 is 2. The highest BCUT2D eigenvalue weighted by atomic mass is 19.1. The predicted octanol–water partition coefficient (Wildman–Crippen LogP) is 3.36. The van der Waals surface area contributed by atoms with Gasteiger partial charge in [-0.15, -0.1) is 0 Å². The second kappa shape index (κ2) is 8.73. The lowest BCUT2D eigenvalue weighted by atomic mass is 10.0. The van der Waals surface area contributed by atoms with E-state index in [2.05, 4.69) is 0 Å². The maximum Gasteiger partial charge on any atom is 0.338 e. The second-order valence-corrected chi connectivity index (χ2v) is 6.44. The standard InChI is InChI=1S/C21H22FNO5/c1-26-16-9-10-19(27-2)17(12-16)18-4-3-11-23(18)20(24)13-28-21(25)14-5-7-15(22)8-6-14/h5-10,12,18H,3-4,11,13H2,1-2H3/t18-/m0/s1. The molecule has 0 aromatic heterocycles. The fourth-order valence-corrected chi connectivity index (χ4v) is 3.37. The Hall–Kier alpha value is -3.09. The molecule has 0 saturated carbocycles. The number of esters is 1. The third kappa shape index (κ3) is 4.24. The number of carbonyl (C=O) groups is 2. The van der Waals surface area contributed by atoms with Gasteiger partial charge >= 0.3 is 5.97 Å². The van der Waals surface area contributed by atoms with E-state index in [1.165, 1.54) is 24.3 Å². The summed E-state index contributed by atoms with van der Waals surface area (Å²) < 4.78 is 28.8. The molecule has 1 saturated heterocycles. The third-order valence-electron chi connectivity index (χ3n) is 4.78. The van der Waals surface area contributed by atoms with Crippen molar-refractivity contribution in [2.45, 2.75) is 18.9 Å². The Morgan fingerprint density at radius 3 is 2.54 bits per heavy atom. The lowest BCUT2D eigenvalue weighted by Crippen LogP contribution is -2.34. The summed E-state index contributed by atoms with van der Waals surface area (Å²) in [6.45, 7) is 0.191. The molecule has 2 aromatic rings. The average molecular weight is 387 g/mol. The van der Waals surface area contributed by atoms with E-state index in [0.717, 1.165) is 18.4 Å². The zero-order valence-electron chi connectivity index (χ0n) is 15.8. The summed E-state index contributed by atoms with van der Waals surface area (Å²) in [6, 6.07) is 10.3. The van der Waals surface area contributed by atoms with Crippen molar-refractivity contribution < 1.29 is 28.2 Å². The zero-order valence-corrected chi connectivity index (χ0v) is 15.8. The van der Waals surface area contributed by atoms with Gasteiger partial charge in [0.05, 0.1) is 25.8 Å². The van der Waals surface area contributed by atoms with Crippen LogP contribution in [0.1, 0.15) is 34.8 Å². The largest absolute Gasteiger partial charge is 0.497 e. The van der Waals surface area contributed by atoms with Gasteiger partial charge in [0.25, 0.3) is 5.91 Å². The first-order valence-electron chi connectivity index (χ1n) is 8.97. The van der Waals surface area contributed by atoms with Crippen molar-refractivity contribution in [2.75, 3.05) is 27.4 Å². The van der Waals surface area contributed by atoms with Crippen molar-refractivity contribution in [3.63, 3.8) is 0 Å². The van der Waals surface area contributed by atoms with Crippen LogP contribution in [0.15, 0.2) is 42.5 Å². The summed E-state index contributed by atoms with van der Waals surface area (Å²) in [6.07, 6.45) is 1.61. The first-order valence-corrected chi connectivity index (χ1v) is 8.97. The van der Waals surface area contributed by atoms with E-state index in [-0.39, 0.29) is 24.1 Å². The van der Waals surface area contributed by atoms with Gasteiger partial charge in [0.1, 0.15) is 17.3 Å². The number of hydrogen-bond acceptors (Lipinski definition) is 5. The van der Waals surface area contributed by atoms with Crippen LogP contribution in [0.25, 0.3) is 0 Å². The number of likely N-dealkylation sites (tertiary alicyclic amines) is 1. The van der Waals surface area contributed by atoms with Crippen LogP contribution in [-0.4, -0.2) is 44.1 Å². The molecule has 7 heteroatoms. The highest BCUT2D eigenvalue weighted by Crippen LogP contribution is 2.38. The molecule has 2 aromatic carbocycles. The summed E-state index contributed by atoms with van der Waals surface area (Å²) in [7, 11) is 3.16. The Kier molecular flexibility index (Phi) is 6.13. The molecule has 0 radical (unpaired) electrons. The molecule has 1 amide bonds. The molecule has 6 nitrogen and oxygen atoms in total. The number of benzene rings is 2. The average Bonchev–Trinajstić information content (AvgIpc) is 3.21. The Morgan fingerprint density at radius 2 is 1.86 bits per heavy atom. The van der Waals surface area contributed by atoms with Crippen molar-refractivity contribution in [2.24, 2.45) is 0 Å². The molecule has 28 heavy (non-hydrogen) atoms. The van der Waals surface area contributed by atoms with Crippen LogP contribution in [0.5, 0.6) is 11.5 Å².